The van der Waals surface area contributed by atoms with E-state index >= 15 is 0 Å². The van der Waals surface area contributed by atoms with Gasteiger partial charge in [0.1, 0.15) is 17.9 Å². The van der Waals surface area contributed by atoms with Crippen molar-refractivity contribution in [3.05, 3.63) is 68.5 Å². The Hall–Kier alpha value is -3.33. The number of nitrogens with zero attached hydrogens (tertiary/aromatic N) is 2. The van der Waals surface area contributed by atoms with Crippen molar-refractivity contribution in [1.82, 2.24) is 4.90 Å². The molecule has 0 aromatic heterocycles. The van der Waals surface area contributed by atoms with Crippen molar-refractivity contribution < 1.29 is 23.7 Å². The fourth-order valence-electron chi connectivity index (χ4n) is 2.53. The Balaban J connectivity index is 1.80. The SMILES string of the molecule is O=C(CN1C(=O)c2cccc([N+](=O)[O-])c2C1=O)Nc1ccc(Cl)c(F)c1. The van der Waals surface area contributed by atoms with Gasteiger partial charge >= 0.3 is 0 Å². The lowest BCUT2D eigenvalue weighted by Crippen LogP contribution is -2.37. The molecule has 1 N–H and O–H groups in total. The fourth-order valence-corrected chi connectivity index (χ4v) is 2.65. The highest BCUT2D eigenvalue weighted by atomic mass is 35.5. The number of imide groups is 1. The molecule has 10 heteroatoms. The van der Waals surface area contributed by atoms with Crippen LogP contribution in [-0.2, 0) is 4.79 Å². The molecule has 0 saturated carbocycles. The molecule has 0 saturated heterocycles. The Kier molecular flexibility index (Phi) is 4.39. The highest BCUT2D eigenvalue weighted by Crippen LogP contribution is 2.30. The van der Waals surface area contributed by atoms with Crippen LogP contribution in [0.5, 0.6) is 0 Å². The van der Waals surface area contributed by atoms with Crippen molar-refractivity contribution in [2.45, 2.75) is 0 Å². The summed E-state index contributed by atoms with van der Waals surface area (Å²) in [7, 11) is 0. The summed E-state index contributed by atoms with van der Waals surface area (Å²) in [5.74, 6) is -3.27. The molecular formula is C16H9ClFN3O5. The highest BCUT2D eigenvalue weighted by molar-refractivity contribution is 6.30. The van der Waals surface area contributed by atoms with Gasteiger partial charge in [0.05, 0.1) is 15.5 Å². The first-order chi connectivity index (χ1) is 12.3. The minimum Gasteiger partial charge on any atom is -0.324 e. The third-order valence-electron chi connectivity index (χ3n) is 3.68. The first kappa shape index (κ1) is 17.5. The van der Waals surface area contributed by atoms with Crippen molar-refractivity contribution in [3.63, 3.8) is 0 Å². The zero-order valence-electron chi connectivity index (χ0n) is 12.9. The molecule has 2 aromatic rings. The van der Waals surface area contributed by atoms with E-state index in [2.05, 4.69) is 5.32 Å². The standard InChI is InChI=1S/C16H9ClFN3O5/c17-10-5-4-8(6-11(10)18)19-13(22)7-20-15(23)9-2-1-3-12(21(25)26)14(9)16(20)24/h1-6H,7H2,(H,19,22). The van der Waals surface area contributed by atoms with E-state index in [0.29, 0.717) is 4.90 Å². The third-order valence-corrected chi connectivity index (χ3v) is 3.99. The van der Waals surface area contributed by atoms with E-state index in [1.165, 1.54) is 24.3 Å². The molecular weight excluding hydrogens is 369 g/mol. The molecule has 26 heavy (non-hydrogen) atoms. The van der Waals surface area contributed by atoms with Crippen LogP contribution in [0.25, 0.3) is 0 Å². The van der Waals surface area contributed by atoms with E-state index in [-0.39, 0.29) is 21.8 Å². The molecule has 8 nitrogen and oxygen atoms in total. The number of fused-ring (bicyclic) bond motifs is 1. The second-order valence-corrected chi connectivity index (χ2v) is 5.74. The third kappa shape index (κ3) is 3.00. The number of nitrogens with one attached hydrogen (secondary N) is 1. The van der Waals surface area contributed by atoms with Gasteiger partial charge in [-0.05, 0) is 24.3 Å². The Bertz CT molecular complexity index is 978. The van der Waals surface area contributed by atoms with Gasteiger partial charge in [-0.25, -0.2) is 4.39 Å². The average Bonchev–Trinajstić information content (AvgIpc) is 2.83. The maximum absolute atomic E-state index is 13.4. The molecule has 1 aliphatic heterocycles. The largest absolute Gasteiger partial charge is 0.324 e. The van der Waals surface area contributed by atoms with Crippen LogP contribution in [0.2, 0.25) is 5.02 Å². The number of anilines is 1. The Labute approximate surface area is 150 Å². The lowest BCUT2D eigenvalue weighted by Gasteiger charge is -2.13. The summed E-state index contributed by atoms with van der Waals surface area (Å²) in [6.07, 6.45) is 0. The van der Waals surface area contributed by atoms with Gasteiger partial charge in [-0.1, -0.05) is 17.7 Å². The number of hydrogen-bond acceptors (Lipinski definition) is 5. The van der Waals surface area contributed by atoms with E-state index < -0.39 is 40.7 Å². The van der Waals surface area contributed by atoms with Gasteiger partial charge < -0.3 is 5.32 Å². The number of benzene rings is 2. The van der Waals surface area contributed by atoms with Crippen LogP contribution >= 0.6 is 11.6 Å². The van der Waals surface area contributed by atoms with Crippen LogP contribution in [0.4, 0.5) is 15.8 Å². The van der Waals surface area contributed by atoms with E-state index in [9.17, 15) is 28.9 Å². The minimum atomic E-state index is -0.935. The van der Waals surface area contributed by atoms with Crippen molar-refractivity contribution in [1.29, 1.82) is 0 Å². The molecule has 0 aliphatic carbocycles. The van der Waals surface area contributed by atoms with Gasteiger partial charge in [0, 0.05) is 11.8 Å². The summed E-state index contributed by atoms with van der Waals surface area (Å²) < 4.78 is 13.4. The summed E-state index contributed by atoms with van der Waals surface area (Å²) in [6, 6.07) is 7.21. The van der Waals surface area contributed by atoms with Crippen LogP contribution in [0.1, 0.15) is 20.7 Å². The molecule has 3 rings (SSSR count). The van der Waals surface area contributed by atoms with Crippen LogP contribution in [0.15, 0.2) is 36.4 Å². The van der Waals surface area contributed by atoms with Crippen LogP contribution in [-0.4, -0.2) is 34.1 Å². The van der Waals surface area contributed by atoms with Crippen LogP contribution < -0.4 is 5.32 Å². The number of nitro benzene ring substituents is 1. The quantitative estimate of drug-likeness (QED) is 0.500. The van der Waals surface area contributed by atoms with E-state index in [1.807, 2.05) is 0 Å². The van der Waals surface area contributed by atoms with Gasteiger partial charge in [0.25, 0.3) is 17.5 Å². The first-order valence-electron chi connectivity index (χ1n) is 7.18. The predicted molar refractivity (Wildman–Crippen MR) is 88.5 cm³/mol. The second kappa shape index (κ2) is 6.52. The van der Waals surface area contributed by atoms with Crippen LogP contribution in [0, 0.1) is 15.9 Å². The minimum absolute atomic E-state index is 0.0829. The number of carbonyl (C=O) groups excluding carboxylic acids is 3. The molecule has 0 unspecified atom stereocenters. The summed E-state index contributed by atoms with van der Waals surface area (Å²) in [4.78, 5) is 47.6. The van der Waals surface area contributed by atoms with Gasteiger partial charge in [-0.2, -0.15) is 0 Å². The topological polar surface area (TPSA) is 110 Å². The van der Waals surface area contributed by atoms with E-state index in [0.717, 1.165) is 12.1 Å². The summed E-state index contributed by atoms with van der Waals surface area (Å²) in [5, 5.41) is 13.2. The van der Waals surface area contributed by atoms with Crippen molar-refractivity contribution in [2.75, 3.05) is 11.9 Å². The molecule has 0 radical (unpaired) electrons. The number of hydrogen-bond donors (Lipinski definition) is 1. The second-order valence-electron chi connectivity index (χ2n) is 5.33. The maximum atomic E-state index is 13.4. The van der Waals surface area contributed by atoms with E-state index in [4.69, 9.17) is 11.6 Å². The van der Waals surface area contributed by atoms with Gasteiger partial charge in [0.2, 0.25) is 5.91 Å². The molecule has 0 bridgehead atoms. The summed E-state index contributed by atoms with van der Waals surface area (Å²) in [6.45, 7) is -0.673. The molecule has 2 aromatic carbocycles. The fraction of sp³-hybridized carbons (Fsp3) is 0.0625. The molecule has 0 fully saturated rings. The van der Waals surface area contributed by atoms with Crippen molar-refractivity contribution in [2.24, 2.45) is 0 Å². The van der Waals surface area contributed by atoms with Crippen LogP contribution in [0.3, 0.4) is 0 Å². The monoisotopic (exact) mass is 377 g/mol. The zero-order chi connectivity index (χ0) is 19.0. The van der Waals surface area contributed by atoms with Crippen molar-refractivity contribution in [3.8, 4) is 0 Å². The lowest BCUT2D eigenvalue weighted by atomic mass is 10.1. The van der Waals surface area contributed by atoms with Gasteiger partial charge in [-0.15, -0.1) is 0 Å². The van der Waals surface area contributed by atoms with Gasteiger partial charge in [0.15, 0.2) is 0 Å². The Morgan fingerprint density at radius 1 is 1.23 bits per heavy atom. The Morgan fingerprint density at radius 3 is 2.62 bits per heavy atom. The number of amides is 3. The number of carbonyl (C=O) groups is 3. The molecule has 0 atom stereocenters. The predicted octanol–water partition coefficient (Wildman–Crippen LogP) is 2.62. The average molecular weight is 378 g/mol. The molecule has 1 heterocycles. The molecule has 0 spiro atoms. The maximum Gasteiger partial charge on any atom is 0.282 e. The number of rotatable bonds is 4. The number of halogens is 2. The lowest BCUT2D eigenvalue weighted by molar-refractivity contribution is -0.385. The number of nitro groups is 1. The smallest absolute Gasteiger partial charge is 0.282 e. The normalized spacial score (nSPS) is 12.9. The summed E-state index contributed by atoms with van der Waals surface area (Å²) in [5.41, 5.74) is -0.926. The summed E-state index contributed by atoms with van der Waals surface area (Å²) >= 11 is 5.54. The zero-order valence-corrected chi connectivity index (χ0v) is 13.6. The van der Waals surface area contributed by atoms with Crippen molar-refractivity contribution >= 4 is 40.7 Å². The Morgan fingerprint density at radius 2 is 1.96 bits per heavy atom. The first-order valence-corrected chi connectivity index (χ1v) is 7.56. The van der Waals surface area contributed by atoms with Gasteiger partial charge in [-0.3, -0.25) is 29.4 Å². The van der Waals surface area contributed by atoms with E-state index in [1.54, 1.807) is 0 Å². The molecule has 132 valence electrons. The molecule has 1 aliphatic rings. The molecule has 3 amide bonds. The highest BCUT2D eigenvalue weighted by Gasteiger charge is 2.41.